The molecule has 3 aromatic rings. The lowest BCUT2D eigenvalue weighted by molar-refractivity contribution is 0.511. The van der Waals surface area contributed by atoms with Crippen molar-refractivity contribution in [2.24, 2.45) is 7.05 Å². The number of hydrogen-bond acceptors (Lipinski definition) is 1. The molecule has 0 saturated heterocycles. The number of aromatic nitrogens is 1. The van der Waals surface area contributed by atoms with E-state index >= 15 is 0 Å². The van der Waals surface area contributed by atoms with Crippen LogP contribution in [0.1, 0.15) is 11.3 Å². The van der Waals surface area contributed by atoms with Crippen molar-refractivity contribution in [3.05, 3.63) is 65.4 Å². The summed E-state index contributed by atoms with van der Waals surface area (Å²) in [6, 6.07) is 12.3. The Labute approximate surface area is 122 Å². The quantitative estimate of drug-likeness (QED) is 0.756. The van der Waals surface area contributed by atoms with E-state index in [1.165, 1.54) is 17.5 Å². The smallest absolute Gasteiger partial charge is 0.181 e. The van der Waals surface area contributed by atoms with E-state index < -0.39 is 11.6 Å². The maximum atomic E-state index is 13.7. The minimum atomic E-state index is -0.839. The summed E-state index contributed by atoms with van der Waals surface area (Å²) in [4.78, 5) is 0. The van der Waals surface area contributed by atoms with Crippen molar-refractivity contribution in [3.63, 3.8) is 0 Å². The van der Waals surface area contributed by atoms with Gasteiger partial charge < -0.3 is 9.88 Å². The summed E-state index contributed by atoms with van der Waals surface area (Å²) in [5.74, 6) is -1.68. The zero-order valence-electron chi connectivity index (χ0n) is 12.0. The molecule has 1 heterocycles. The summed E-state index contributed by atoms with van der Waals surface area (Å²) in [6.07, 6.45) is 0. The number of anilines is 1. The molecule has 108 valence electrons. The Morgan fingerprint density at radius 1 is 1.05 bits per heavy atom. The number of aryl methyl sites for hydroxylation is 2. The van der Waals surface area contributed by atoms with Crippen molar-refractivity contribution >= 4 is 16.6 Å². The van der Waals surface area contributed by atoms with Crippen LogP contribution in [0.15, 0.2) is 42.5 Å². The average Bonchev–Trinajstić information content (AvgIpc) is 2.73. The molecule has 0 radical (unpaired) electrons. The molecule has 3 rings (SSSR count). The van der Waals surface area contributed by atoms with Crippen LogP contribution < -0.4 is 5.32 Å². The number of nitrogens with one attached hydrogen (secondary N) is 1. The monoisotopic (exact) mass is 286 g/mol. The first-order chi connectivity index (χ1) is 10.1. The van der Waals surface area contributed by atoms with Gasteiger partial charge in [0.25, 0.3) is 0 Å². The Kier molecular flexibility index (Phi) is 3.37. The molecule has 0 atom stereocenters. The fraction of sp³-hybridized carbons (Fsp3) is 0.176. The molecule has 0 aliphatic rings. The third-order valence-electron chi connectivity index (χ3n) is 3.91. The highest BCUT2D eigenvalue weighted by molar-refractivity contribution is 5.85. The van der Waals surface area contributed by atoms with E-state index in [1.807, 2.05) is 26.1 Å². The van der Waals surface area contributed by atoms with E-state index in [0.29, 0.717) is 6.54 Å². The molecule has 0 fully saturated rings. The highest BCUT2D eigenvalue weighted by Gasteiger charge is 2.12. The number of nitrogens with zero attached hydrogens (tertiary/aromatic N) is 1. The summed E-state index contributed by atoms with van der Waals surface area (Å²) < 4.78 is 29.0. The normalized spacial score (nSPS) is 11.0. The van der Waals surface area contributed by atoms with E-state index in [2.05, 4.69) is 22.0 Å². The second-order valence-electron chi connectivity index (χ2n) is 5.10. The molecule has 2 nitrogen and oxygen atoms in total. The molecular formula is C17H16F2N2. The lowest BCUT2D eigenvalue weighted by Crippen LogP contribution is -2.07. The fourth-order valence-corrected chi connectivity index (χ4v) is 2.71. The van der Waals surface area contributed by atoms with E-state index in [1.54, 1.807) is 0 Å². The molecule has 2 aromatic carbocycles. The first kappa shape index (κ1) is 13.6. The molecule has 1 aromatic heterocycles. The molecular weight excluding hydrogens is 270 g/mol. The molecule has 0 bridgehead atoms. The van der Waals surface area contributed by atoms with E-state index in [9.17, 15) is 8.78 Å². The predicted molar refractivity (Wildman–Crippen MR) is 81.3 cm³/mol. The molecule has 0 aliphatic carbocycles. The summed E-state index contributed by atoms with van der Waals surface area (Å²) >= 11 is 0. The van der Waals surface area contributed by atoms with Crippen molar-refractivity contribution < 1.29 is 8.78 Å². The fourth-order valence-electron chi connectivity index (χ4n) is 2.71. The number of halogens is 2. The van der Waals surface area contributed by atoms with Crippen LogP contribution in [0.4, 0.5) is 14.5 Å². The lowest BCUT2D eigenvalue weighted by Gasteiger charge is -2.10. The molecule has 0 amide bonds. The van der Waals surface area contributed by atoms with Crippen molar-refractivity contribution in [2.75, 3.05) is 5.32 Å². The molecule has 0 saturated carbocycles. The standard InChI is InChI=1S/C17H16F2N2/c1-11-12-6-3-4-9-15(12)21(2)16(11)10-20-14-8-5-7-13(18)17(14)19/h3-9,20H,10H2,1-2H3. The second kappa shape index (κ2) is 5.20. The number of benzene rings is 2. The number of rotatable bonds is 3. The van der Waals surface area contributed by atoms with Gasteiger partial charge >= 0.3 is 0 Å². The van der Waals surface area contributed by atoms with E-state index in [-0.39, 0.29) is 5.69 Å². The summed E-state index contributed by atoms with van der Waals surface area (Å²) in [5, 5.41) is 4.15. The van der Waals surface area contributed by atoms with Gasteiger partial charge in [0.15, 0.2) is 11.6 Å². The largest absolute Gasteiger partial charge is 0.377 e. The van der Waals surface area contributed by atoms with Crippen LogP contribution >= 0.6 is 0 Å². The topological polar surface area (TPSA) is 17.0 Å². The van der Waals surface area contributed by atoms with Gasteiger partial charge in [0, 0.05) is 23.6 Å². The van der Waals surface area contributed by atoms with Crippen LogP contribution in [0.5, 0.6) is 0 Å². The second-order valence-corrected chi connectivity index (χ2v) is 5.10. The molecule has 4 heteroatoms. The minimum absolute atomic E-state index is 0.180. The van der Waals surface area contributed by atoms with Gasteiger partial charge in [-0.25, -0.2) is 8.78 Å². The number of para-hydroxylation sites is 1. The predicted octanol–water partition coefficient (Wildman–Crippen LogP) is 4.38. The Balaban J connectivity index is 1.94. The third-order valence-corrected chi connectivity index (χ3v) is 3.91. The molecule has 0 unspecified atom stereocenters. The van der Waals surface area contributed by atoms with Crippen LogP contribution in [0.25, 0.3) is 10.9 Å². The number of fused-ring (bicyclic) bond motifs is 1. The highest BCUT2D eigenvalue weighted by Crippen LogP contribution is 2.25. The molecule has 0 spiro atoms. The van der Waals surface area contributed by atoms with E-state index in [4.69, 9.17) is 0 Å². The first-order valence-corrected chi connectivity index (χ1v) is 6.80. The van der Waals surface area contributed by atoms with Crippen LogP contribution in [0.3, 0.4) is 0 Å². The van der Waals surface area contributed by atoms with Gasteiger partial charge in [-0.15, -0.1) is 0 Å². The molecule has 21 heavy (non-hydrogen) atoms. The van der Waals surface area contributed by atoms with Gasteiger partial charge in [0.05, 0.1) is 12.2 Å². The van der Waals surface area contributed by atoms with Crippen molar-refractivity contribution in [2.45, 2.75) is 13.5 Å². The Morgan fingerprint density at radius 2 is 1.81 bits per heavy atom. The summed E-state index contributed by atoms with van der Waals surface area (Å²) in [7, 11) is 1.98. The van der Waals surface area contributed by atoms with Crippen LogP contribution in [-0.4, -0.2) is 4.57 Å². The van der Waals surface area contributed by atoms with Crippen molar-refractivity contribution in [1.29, 1.82) is 0 Å². The van der Waals surface area contributed by atoms with Gasteiger partial charge in [-0.2, -0.15) is 0 Å². The zero-order valence-corrected chi connectivity index (χ0v) is 12.0. The molecule has 0 aliphatic heterocycles. The van der Waals surface area contributed by atoms with Crippen LogP contribution in [0.2, 0.25) is 0 Å². The van der Waals surface area contributed by atoms with Gasteiger partial charge in [0.2, 0.25) is 0 Å². The Hall–Kier alpha value is -2.36. The maximum Gasteiger partial charge on any atom is 0.181 e. The maximum absolute atomic E-state index is 13.7. The van der Waals surface area contributed by atoms with Crippen molar-refractivity contribution in [3.8, 4) is 0 Å². The van der Waals surface area contributed by atoms with Crippen LogP contribution in [0, 0.1) is 18.6 Å². The average molecular weight is 286 g/mol. The Morgan fingerprint density at radius 3 is 2.57 bits per heavy atom. The van der Waals surface area contributed by atoms with Gasteiger partial charge in [-0.05, 0) is 30.7 Å². The highest BCUT2D eigenvalue weighted by atomic mass is 19.2. The van der Waals surface area contributed by atoms with Gasteiger partial charge in [-0.1, -0.05) is 24.3 Å². The minimum Gasteiger partial charge on any atom is -0.377 e. The summed E-state index contributed by atoms with van der Waals surface area (Å²) in [6.45, 7) is 2.48. The number of hydrogen-bond donors (Lipinski definition) is 1. The van der Waals surface area contributed by atoms with Gasteiger partial charge in [0.1, 0.15) is 0 Å². The first-order valence-electron chi connectivity index (χ1n) is 6.80. The lowest BCUT2D eigenvalue weighted by atomic mass is 10.1. The van der Waals surface area contributed by atoms with Gasteiger partial charge in [-0.3, -0.25) is 0 Å². The molecule has 1 N–H and O–H groups in total. The Bertz CT molecular complexity index is 767. The summed E-state index contributed by atoms with van der Waals surface area (Å²) in [5.41, 5.74) is 3.52. The van der Waals surface area contributed by atoms with Crippen molar-refractivity contribution in [1.82, 2.24) is 4.57 Å². The van der Waals surface area contributed by atoms with E-state index in [0.717, 1.165) is 22.8 Å². The third kappa shape index (κ3) is 2.27. The SMILES string of the molecule is Cc1c(CNc2cccc(F)c2F)n(C)c2ccccc12. The van der Waals surface area contributed by atoms with Crippen LogP contribution in [-0.2, 0) is 13.6 Å². The zero-order chi connectivity index (χ0) is 15.0.